The summed E-state index contributed by atoms with van der Waals surface area (Å²) in [6, 6.07) is 8.58. The first-order valence-electron chi connectivity index (χ1n) is 7.92. The molecule has 1 amide bonds. The summed E-state index contributed by atoms with van der Waals surface area (Å²) in [7, 11) is 0. The number of carbonyl (C=O) groups excluding carboxylic acids is 1. The molecular weight excluding hydrogens is 425 g/mol. The zero-order chi connectivity index (χ0) is 20.3. The van der Waals surface area contributed by atoms with Crippen molar-refractivity contribution in [2.75, 3.05) is 0 Å². The summed E-state index contributed by atoms with van der Waals surface area (Å²) in [4.78, 5) is 27.9. The lowest BCUT2D eigenvalue weighted by Gasteiger charge is -2.17. The van der Waals surface area contributed by atoms with Crippen LogP contribution in [0.25, 0.3) is 0 Å². The maximum Gasteiger partial charge on any atom is 0.270 e. The molecule has 0 bridgehead atoms. The van der Waals surface area contributed by atoms with Gasteiger partial charge in [0.15, 0.2) is 5.16 Å². The summed E-state index contributed by atoms with van der Waals surface area (Å²) in [6.45, 7) is 1.76. The van der Waals surface area contributed by atoms with E-state index < -0.39 is 16.9 Å². The Bertz CT molecular complexity index is 1030. The third-order valence-electron chi connectivity index (χ3n) is 3.79. The van der Waals surface area contributed by atoms with E-state index in [1.54, 1.807) is 25.1 Å². The lowest BCUT2D eigenvalue weighted by atomic mass is 10.1. The van der Waals surface area contributed by atoms with Crippen LogP contribution < -0.4 is 5.32 Å². The molecule has 2 aromatic carbocycles. The number of hydrogen-bond donors (Lipinski definition) is 2. The van der Waals surface area contributed by atoms with E-state index in [0.717, 1.165) is 11.8 Å². The van der Waals surface area contributed by atoms with Crippen molar-refractivity contribution in [2.45, 2.75) is 23.0 Å². The topological polar surface area (TPSA) is 114 Å². The Hall–Kier alpha value is -2.62. The predicted octanol–water partition coefficient (Wildman–Crippen LogP) is 4.66. The second kappa shape index (κ2) is 8.59. The molecule has 8 nitrogen and oxygen atoms in total. The number of rotatable bonds is 6. The fourth-order valence-corrected chi connectivity index (χ4v) is 3.83. The molecule has 0 saturated carbocycles. The fraction of sp³-hybridized carbons (Fsp3) is 0.118. The average molecular weight is 438 g/mol. The highest BCUT2D eigenvalue weighted by Crippen LogP contribution is 2.31. The summed E-state index contributed by atoms with van der Waals surface area (Å²) in [6.07, 6.45) is 1.33. The Morgan fingerprint density at radius 1 is 1.29 bits per heavy atom. The van der Waals surface area contributed by atoms with Crippen molar-refractivity contribution in [3.05, 3.63) is 74.0 Å². The molecule has 0 saturated heterocycles. The molecule has 1 aromatic heterocycles. The van der Waals surface area contributed by atoms with Gasteiger partial charge in [-0.2, -0.15) is 5.10 Å². The van der Waals surface area contributed by atoms with Crippen LogP contribution in [-0.4, -0.2) is 26.0 Å². The molecule has 144 valence electrons. The highest BCUT2D eigenvalue weighted by Gasteiger charge is 2.21. The Labute approximate surface area is 173 Å². The van der Waals surface area contributed by atoms with Crippen molar-refractivity contribution in [3.63, 3.8) is 0 Å². The number of aromatic amines is 1. The largest absolute Gasteiger partial charge is 0.345 e. The molecule has 1 heterocycles. The van der Waals surface area contributed by atoms with Gasteiger partial charge in [-0.15, -0.1) is 0 Å². The van der Waals surface area contributed by atoms with Crippen LogP contribution in [0, 0.1) is 10.1 Å². The van der Waals surface area contributed by atoms with Gasteiger partial charge in [-0.3, -0.25) is 20.0 Å². The molecule has 0 unspecified atom stereocenters. The Kier molecular flexibility index (Phi) is 6.18. The highest BCUT2D eigenvalue weighted by molar-refractivity contribution is 7.99. The molecule has 1 atom stereocenters. The van der Waals surface area contributed by atoms with Gasteiger partial charge in [-0.05, 0) is 42.4 Å². The van der Waals surface area contributed by atoms with E-state index in [4.69, 9.17) is 23.2 Å². The van der Waals surface area contributed by atoms with Gasteiger partial charge in [0.2, 0.25) is 0 Å². The van der Waals surface area contributed by atoms with Crippen molar-refractivity contribution in [3.8, 4) is 0 Å². The summed E-state index contributed by atoms with van der Waals surface area (Å²) >= 11 is 13.2. The SMILES string of the molecule is C[C@H](NC(=O)c1cc([N+](=O)[O-])ccc1Sc1ncn[nH]1)c1ccc(Cl)cc1Cl. The first kappa shape index (κ1) is 20.1. The first-order valence-corrected chi connectivity index (χ1v) is 9.50. The summed E-state index contributed by atoms with van der Waals surface area (Å²) < 4.78 is 0. The van der Waals surface area contributed by atoms with Crippen molar-refractivity contribution in [2.24, 2.45) is 0 Å². The van der Waals surface area contributed by atoms with E-state index in [9.17, 15) is 14.9 Å². The van der Waals surface area contributed by atoms with Crippen LogP contribution in [0.1, 0.15) is 28.9 Å². The Morgan fingerprint density at radius 2 is 2.07 bits per heavy atom. The standard InChI is InChI=1S/C17H13Cl2N5O3S/c1-9(12-4-2-10(18)6-14(12)19)22-16(25)13-7-11(24(26)27)3-5-15(13)28-17-20-8-21-23-17/h2-9H,1H3,(H,22,25)(H,20,21,23)/t9-/m0/s1. The number of amides is 1. The van der Waals surface area contributed by atoms with Crippen LogP contribution in [0.3, 0.4) is 0 Å². The zero-order valence-electron chi connectivity index (χ0n) is 14.3. The maximum atomic E-state index is 12.9. The second-order valence-corrected chi connectivity index (χ2v) is 7.57. The lowest BCUT2D eigenvalue weighted by Crippen LogP contribution is -2.27. The molecule has 2 N–H and O–H groups in total. The molecule has 0 aliphatic rings. The average Bonchev–Trinajstić information content (AvgIpc) is 3.14. The van der Waals surface area contributed by atoms with Gasteiger partial charge in [-0.1, -0.05) is 29.3 Å². The minimum absolute atomic E-state index is 0.146. The summed E-state index contributed by atoms with van der Waals surface area (Å²) in [5.41, 5.74) is 0.631. The number of aromatic nitrogens is 3. The first-order chi connectivity index (χ1) is 13.3. The molecule has 0 radical (unpaired) electrons. The van der Waals surface area contributed by atoms with Crippen molar-refractivity contribution >= 4 is 46.6 Å². The van der Waals surface area contributed by atoms with E-state index >= 15 is 0 Å². The number of non-ortho nitro benzene ring substituents is 1. The smallest absolute Gasteiger partial charge is 0.270 e. The number of hydrogen-bond acceptors (Lipinski definition) is 6. The van der Waals surface area contributed by atoms with E-state index in [1.807, 2.05) is 0 Å². The number of nitrogens with zero attached hydrogens (tertiary/aromatic N) is 3. The van der Waals surface area contributed by atoms with Gasteiger partial charge in [0.25, 0.3) is 11.6 Å². The monoisotopic (exact) mass is 437 g/mol. The number of nitrogens with one attached hydrogen (secondary N) is 2. The maximum absolute atomic E-state index is 12.9. The van der Waals surface area contributed by atoms with Crippen LogP contribution in [0.15, 0.2) is 52.8 Å². The molecule has 11 heteroatoms. The van der Waals surface area contributed by atoms with Gasteiger partial charge in [0, 0.05) is 27.1 Å². The van der Waals surface area contributed by atoms with Gasteiger partial charge >= 0.3 is 0 Å². The van der Waals surface area contributed by atoms with Crippen LogP contribution >= 0.6 is 35.0 Å². The van der Waals surface area contributed by atoms with Crippen molar-refractivity contribution in [1.29, 1.82) is 0 Å². The number of benzene rings is 2. The molecule has 3 aromatic rings. The Balaban J connectivity index is 1.90. The second-order valence-electron chi connectivity index (χ2n) is 5.69. The zero-order valence-corrected chi connectivity index (χ0v) is 16.7. The summed E-state index contributed by atoms with van der Waals surface area (Å²) in [5, 5.41) is 21.7. The van der Waals surface area contributed by atoms with Crippen molar-refractivity contribution in [1.82, 2.24) is 20.5 Å². The molecule has 0 aliphatic heterocycles. The van der Waals surface area contributed by atoms with E-state index in [2.05, 4.69) is 20.5 Å². The van der Waals surface area contributed by atoms with Crippen LogP contribution in [0.5, 0.6) is 0 Å². The van der Waals surface area contributed by atoms with Gasteiger partial charge in [0.1, 0.15) is 6.33 Å². The fourth-order valence-electron chi connectivity index (χ4n) is 2.45. The third-order valence-corrected chi connectivity index (χ3v) is 5.32. The third kappa shape index (κ3) is 4.61. The number of halogens is 2. The molecule has 3 rings (SSSR count). The van der Waals surface area contributed by atoms with Crippen LogP contribution in [-0.2, 0) is 0 Å². The summed E-state index contributed by atoms with van der Waals surface area (Å²) in [5.74, 6) is -0.482. The Morgan fingerprint density at radius 3 is 2.71 bits per heavy atom. The number of nitro groups is 1. The van der Waals surface area contributed by atoms with E-state index in [1.165, 1.54) is 24.5 Å². The molecular formula is C17H13Cl2N5O3S. The molecule has 28 heavy (non-hydrogen) atoms. The lowest BCUT2D eigenvalue weighted by molar-refractivity contribution is -0.384. The number of carbonyl (C=O) groups is 1. The quantitative estimate of drug-likeness (QED) is 0.427. The molecule has 0 aliphatic carbocycles. The normalized spacial score (nSPS) is 11.8. The predicted molar refractivity (Wildman–Crippen MR) is 106 cm³/mol. The number of nitro benzene ring substituents is 1. The van der Waals surface area contributed by atoms with Gasteiger partial charge in [0.05, 0.1) is 16.5 Å². The minimum atomic E-state index is -0.556. The van der Waals surface area contributed by atoms with Crippen molar-refractivity contribution < 1.29 is 9.72 Å². The number of H-pyrrole nitrogens is 1. The minimum Gasteiger partial charge on any atom is -0.345 e. The van der Waals surface area contributed by atoms with Gasteiger partial charge < -0.3 is 5.32 Å². The van der Waals surface area contributed by atoms with Gasteiger partial charge in [-0.25, -0.2) is 4.98 Å². The van der Waals surface area contributed by atoms with Crippen LogP contribution in [0.4, 0.5) is 5.69 Å². The van der Waals surface area contributed by atoms with E-state index in [0.29, 0.717) is 25.7 Å². The van der Waals surface area contributed by atoms with Crippen LogP contribution in [0.2, 0.25) is 10.0 Å². The molecule has 0 spiro atoms. The highest BCUT2D eigenvalue weighted by atomic mass is 35.5. The van der Waals surface area contributed by atoms with E-state index in [-0.39, 0.29) is 11.3 Å². The molecule has 0 fully saturated rings.